The molecule has 0 unspecified atom stereocenters. The normalized spacial score (nSPS) is 11.7. The zero-order chi connectivity index (χ0) is 37.6. The summed E-state index contributed by atoms with van der Waals surface area (Å²) in [6.45, 7) is 10.1. The summed E-state index contributed by atoms with van der Waals surface area (Å²) in [5.74, 6) is -0.141. The van der Waals surface area contributed by atoms with Gasteiger partial charge in [-0.2, -0.15) is 8.42 Å². The van der Waals surface area contributed by atoms with Crippen molar-refractivity contribution in [1.29, 1.82) is 0 Å². The van der Waals surface area contributed by atoms with E-state index in [-0.39, 0.29) is 30.7 Å². The van der Waals surface area contributed by atoms with Gasteiger partial charge in [-0.05, 0) is 25.5 Å². The summed E-state index contributed by atoms with van der Waals surface area (Å²) in [6.07, 6.45) is 17.2. The van der Waals surface area contributed by atoms with Gasteiger partial charge in [0.05, 0.1) is 104 Å². The van der Waals surface area contributed by atoms with Crippen LogP contribution in [0.1, 0.15) is 102 Å². The number of benzene rings is 1. The third-order valence-electron chi connectivity index (χ3n) is 7.98. The van der Waals surface area contributed by atoms with Crippen molar-refractivity contribution in [3.05, 3.63) is 29.8 Å². The fraction of sp³-hybridized carbons (Fsp3) is 0.821. The quantitative estimate of drug-likeness (QED) is 0.0394. The van der Waals surface area contributed by atoms with E-state index in [1.165, 1.54) is 82.8 Å². The molecule has 1 aromatic rings. The molecule has 52 heavy (non-hydrogen) atoms. The van der Waals surface area contributed by atoms with Crippen molar-refractivity contribution in [1.82, 2.24) is 0 Å². The predicted octanol–water partition coefficient (Wildman–Crippen LogP) is 6.84. The fourth-order valence-corrected chi connectivity index (χ4v) is 5.86. The zero-order valence-corrected chi connectivity index (χ0v) is 33.1. The van der Waals surface area contributed by atoms with E-state index in [0.29, 0.717) is 92.3 Å². The number of esters is 1. The second kappa shape index (κ2) is 36.3. The van der Waals surface area contributed by atoms with E-state index >= 15 is 0 Å². The SMILES string of the molecule is CCCCCCCCCCCCCCCC(=O)OCCOCCOCCOCCOCCOCCOCCOCCOS(=O)(=O)c1ccc(C)cc1. The van der Waals surface area contributed by atoms with Gasteiger partial charge in [0.25, 0.3) is 10.1 Å². The molecule has 0 aliphatic carbocycles. The Morgan fingerprint density at radius 1 is 0.462 bits per heavy atom. The van der Waals surface area contributed by atoms with Crippen LogP contribution in [-0.4, -0.2) is 120 Å². The molecule has 1 aromatic carbocycles. The van der Waals surface area contributed by atoms with Crippen LogP contribution in [-0.2, 0) is 57.0 Å². The highest BCUT2D eigenvalue weighted by Crippen LogP contribution is 2.14. The van der Waals surface area contributed by atoms with Gasteiger partial charge in [-0.1, -0.05) is 102 Å². The first-order valence-electron chi connectivity index (χ1n) is 19.6. The van der Waals surface area contributed by atoms with E-state index < -0.39 is 10.1 Å². The molecule has 0 N–H and O–H groups in total. The van der Waals surface area contributed by atoms with Crippen LogP contribution in [0.25, 0.3) is 0 Å². The van der Waals surface area contributed by atoms with Gasteiger partial charge in [0.15, 0.2) is 0 Å². The van der Waals surface area contributed by atoms with Crippen LogP contribution >= 0.6 is 0 Å². The smallest absolute Gasteiger partial charge is 0.305 e. The fourth-order valence-electron chi connectivity index (χ4n) is 4.97. The number of unbranched alkanes of at least 4 members (excludes halogenated alkanes) is 12. The summed E-state index contributed by atoms with van der Waals surface area (Å²) in [7, 11) is -3.78. The van der Waals surface area contributed by atoms with Gasteiger partial charge in [-0.25, -0.2) is 0 Å². The van der Waals surface area contributed by atoms with Crippen molar-refractivity contribution >= 4 is 16.1 Å². The van der Waals surface area contributed by atoms with Crippen LogP contribution in [0.3, 0.4) is 0 Å². The zero-order valence-electron chi connectivity index (χ0n) is 32.3. The number of carbonyl (C=O) groups excluding carboxylic acids is 1. The molecule has 0 saturated carbocycles. The molecule has 0 aliphatic rings. The molecule has 0 amide bonds. The summed E-state index contributed by atoms with van der Waals surface area (Å²) in [4.78, 5) is 12.0. The number of hydrogen-bond donors (Lipinski definition) is 0. The lowest BCUT2D eigenvalue weighted by Gasteiger charge is -2.09. The lowest BCUT2D eigenvalue weighted by Crippen LogP contribution is -2.15. The highest BCUT2D eigenvalue weighted by molar-refractivity contribution is 7.86. The van der Waals surface area contributed by atoms with Crippen LogP contribution < -0.4 is 0 Å². The Balaban J connectivity index is 1.70. The molecule has 0 heterocycles. The van der Waals surface area contributed by atoms with Crippen molar-refractivity contribution in [2.75, 3.05) is 106 Å². The van der Waals surface area contributed by atoms with Crippen LogP contribution in [0.4, 0.5) is 0 Å². The maximum atomic E-state index is 12.1. The van der Waals surface area contributed by atoms with E-state index in [1.807, 2.05) is 6.92 Å². The maximum absolute atomic E-state index is 12.1. The second-order valence-corrected chi connectivity index (χ2v) is 14.2. The molecule has 0 spiro atoms. The molecule has 0 radical (unpaired) electrons. The average Bonchev–Trinajstić information content (AvgIpc) is 3.13. The monoisotopic (exact) mass is 762 g/mol. The molecule has 13 heteroatoms. The van der Waals surface area contributed by atoms with E-state index in [9.17, 15) is 13.2 Å². The first-order chi connectivity index (χ1) is 25.5. The Labute approximate surface area is 314 Å². The van der Waals surface area contributed by atoms with Crippen molar-refractivity contribution < 1.29 is 55.3 Å². The van der Waals surface area contributed by atoms with Crippen molar-refractivity contribution in [2.24, 2.45) is 0 Å². The first kappa shape index (κ1) is 48.3. The summed E-state index contributed by atoms with van der Waals surface area (Å²) >= 11 is 0. The van der Waals surface area contributed by atoms with Gasteiger partial charge < -0.3 is 37.9 Å². The lowest BCUT2D eigenvalue weighted by molar-refractivity contribution is -0.145. The summed E-state index contributed by atoms with van der Waals surface area (Å²) in [6, 6.07) is 6.49. The van der Waals surface area contributed by atoms with Crippen LogP contribution in [0, 0.1) is 6.92 Å². The Bertz CT molecular complexity index is 1020. The number of rotatable bonds is 40. The van der Waals surface area contributed by atoms with Crippen molar-refractivity contribution in [3.8, 4) is 0 Å². The maximum Gasteiger partial charge on any atom is 0.305 e. The summed E-state index contributed by atoms with van der Waals surface area (Å²) < 4.78 is 72.5. The molecule has 12 nitrogen and oxygen atoms in total. The van der Waals surface area contributed by atoms with E-state index in [4.69, 9.17) is 42.1 Å². The molecule has 1 rings (SSSR count). The molecule has 304 valence electrons. The van der Waals surface area contributed by atoms with Crippen LogP contribution in [0.2, 0.25) is 0 Å². The molecule has 0 fully saturated rings. The Kier molecular flexibility index (Phi) is 33.7. The topological polar surface area (TPSA) is 134 Å². The van der Waals surface area contributed by atoms with Gasteiger partial charge in [-0.15, -0.1) is 0 Å². The highest BCUT2D eigenvalue weighted by Gasteiger charge is 2.14. The van der Waals surface area contributed by atoms with E-state index in [1.54, 1.807) is 12.1 Å². The van der Waals surface area contributed by atoms with Gasteiger partial charge in [0, 0.05) is 6.42 Å². The number of hydrogen-bond acceptors (Lipinski definition) is 12. The Morgan fingerprint density at radius 2 is 0.788 bits per heavy atom. The highest BCUT2D eigenvalue weighted by atomic mass is 32.2. The minimum atomic E-state index is -3.78. The summed E-state index contributed by atoms with van der Waals surface area (Å²) in [5, 5.41) is 0. The molecular weight excluding hydrogens is 692 g/mol. The molecule has 0 bridgehead atoms. The largest absolute Gasteiger partial charge is 0.463 e. The van der Waals surface area contributed by atoms with Crippen molar-refractivity contribution in [3.63, 3.8) is 0 Å². The predicted molar refractivity (Wildman–Crippen MR) is 201 cm³/mol. The first-order valence-corrected chi connectivity index (χ1v) is 21.0. The van der Waals surface area contributed by atoms with E-state index in [2.05, 4.69) is 6.92 Å². The Morgan fingerprint density at radius 3 is 1.17 bits per heavy atom. The number of aryl methyl sites for hydroxylation is 1. The van der Waals surface area contributed by atoms with Gasteiger partial charge >= 0.3 is 5.97 Å². The summed E-state index contributed by atoms with van der Waals surface area (Å²) in [5.41, 5.74) is 0.975. The third kappa shape index (κ3) is 31.8. The van der Waals surface area contributed by atoms with Gasteiger partial charge in [0.2, 0.25) is 0 Å². The molecule has 0 saturated heterocycles. The Hall–Kier alpha value is -1.68. The standard InChI is InChI=1S/C39H70O12S/c1-3-4-5-6-7-8-9-10-11-12-13-14-15-16-39(40)50-35-33-48-31-29-46-27-25-44-23-21-43-22-24-45-26-28-47-30-32-49-34-36-51-52(41,42)38-19-17-37(2)18-20-38/h17-20H,3-16,21-36H2,1-2H3. The molecule has 0 aliphatic heterocycles. The third-order valence-corrected chi connectivity index (χ3v) is 9.31. The van der Waals surface area contributed by atoms with E-state index in [0.717, 1.165) is 18.4 Å². The number of ether oxygens (including phenoxy) is 8. The minimum absolute atomic E-state index is 0.0602. The molecular formula is C39H70O12S. The minimum Gasteiger partial charge on any atom is -0.463 e. The van der Waals surface area contributed by atoms with Crippen LogP contribution in [0.15, 0.2) is 29.2 Å². The van der Waals surface area contributed by atoms with Crippen LogP contribution in [0.5, 0.6) is 0 Å². The average molecular weight is 763 g/mol. The lowest BCUT2D eigenvalue weighted by atomic mass is 10.0. The molecule has 0 atom stereocenters. The number of carbonyl (C=O) groups is 1. The van der Waals surface area contributed by atoms with Gasteiger partial charge in [-0.3, -0.25) is 8.98 Å². The van der Waals surface area contributed by atoms with Gasteiger partial charge in [0.1, 0.15) is 6.61 Å². The van der Waals surface area contributed by atoms with Crippen molar-refractivity contribution in [2.45, 2.75) is 109 Å². The second-order valence-electron chi connectivity index (χ2n) is 12.6. The molecule has 0 aromatic heterocycles.